The lowest BCUT2D eigenvalue weighted by Crippen LogP contribution is -2.13. The van der Waals surface area contributed by atoms with Crippen molar-refractivity contribution in [3.8, 4) is 0 Å². The van der Waals surface area contributed by atoms with Gasteiger partial charge in [-0.3, -0.25) is 0 Å². The summed E-state index contributed by atoms with van der Waals surface area (Å²) in [6, 6.07) is 3.69. The molecule has 0 spiro atoms. The van der Waals surface area contributed by atoms with Crippen molar-refractivity contribution in [1.82, 2.24) is 4.98 Å². The zero-order chi connectivity index (χ0) is 9.42. The van der Waals surface area contributed by atoms with Crippen LogP contribution in [0.2, 0.25) is 0 Å². The zero-order valence-corrected chi connectivity index (χ0v) is 7.40. The van der Waals surface area contributed by atoms with Gasteiger partial charge in [0.25, 0.3) is 0 Å². The van der Waals surface area contributed by atoms with Crippen LogP contribution in [0.15, 0.2) is 12.1 Å². The molecule has 2 rings (SSSR count). The molecule has 0 unspecified atom stereocenters. The van der Waals surface area contributed by atoms with Crippen LogP contribution in [-0.2, 0) is 0 Å². The third-order valence-electron chi connectivity index (χ3n) is 2.40. The van der Waals surface area contributed by atoms with Crippen LogP contribution in [0.4, 0.5) is 11.6 Å². The van der Waals surface area contributed by atoms with Crippen molar-refractivity contribution in [2.24, 2.45) is 11.7 Å². The molecule has 4 heteroatoms. The van der Waals surface area contributed by atoms with Crippen LogP contribution in [0.5, 0.6) is 0 Å². The molecule has 6 N–H and O–H groups in total. The van der Waals surface area contributed by atoms with Crippen molar-refractivity contribution >= 4 is 11.6 Å². The van der Waals surface area contributed by atoms with Crippen molar-refractivity contribution < 1.29 is 0 Å². The highest BCUT2D eigenvalue weighted by molar-refractivity contribution is 5.44. The van der Waals surface area contributed by atoms with E-state index < -0.39 is 0 Å². The van der Waals surface area contributed by atoms with E-state index in [0.29, 0.717) is 17.6 Å². The minimum atomic E-state index is 0.0765. The first-order chi connectivity index (χ1) is 6.16. The number of nitrogens with zero attached hydrogens (tertiary/aromatic N) is 1. The molecule has 0 aromatic carbocycles. The normalized spacial score (nSPS) is 18.5. The van der Waals surface area contributed by atoms with Crippen molar-refractivity contribution in [2.75, 3.05) is 11.5 Å². The number of nitrogens with two attached hydrogens (primary N) is 3. The predicted molar refractivity (Wildman–Crippen MR) is 52.7 cm³/mol. The molecular weight excluding hydrogens is 164 g/mol. The highest BCUT2D eigenvalue weighted by atomic mass is 14.9. The predicted octanol–water partition coefficient (Wildman–Crippen LogP) is 0.656. The topological polar surface area (TPSA) is 91.0 Å². The fourth-order valence-corrected chi connectivity index (χ4v) is 1.52. The lowest BCUT2D eigenvalue weighted by atomic mass is 10.0. The summed E-state index contributed by atoms with van der Waals surface area (Å²) >= 11 is 0. The van der Waals surface area contributed by atoms with E-state index in [4.69, 9.17) is 17.2 Å². The van der Waals surface area contributed by atoms with Crippen LogP contribution in [0.25, 0.3) is 0 Å². The van der Waals surface area contributed by atoms with Gasteiger partial charge in [0.2, 0.25) is 0 Å². The minimum Gasteiger partial charge on any atom is -0.384 e. The summed E-state index contributed by atoms with van der Waals surface area (Å²) in [5, 5.41) is 0. The lowest BCUT2D eigenvalue weighted by Gasteiger charge is -2.11. The monoisotopic (exact) mass is 178 g/mol. The Morgan fingerprint density at radius 3 is 2.23 bits per heavy atom. The summed E-state index contributed by atoms with van der Waals surface area (Å²) in [5.41, 5.74) is 18.1. The van der Waals surface area contributed by atoms with Gasteiger partial charge in [-0.05, 0) is 36.5 Å². The minimum absolute atomic E-state index is 0.0765. The Morgan fingerprint density at radius 1 is 1.23 bits per heavy atom. The molecule has 1 aliphatic carbocycles. The first-order valence-electron chi connectivity index (χ1n) is 4.45. The molecule has 13 heavy (non-hydrogen) atoms. The molecule has 1 aromatic rings. The van der Waals surface area contributed by atoms with Gasteiger partial charge >= 0.3 is 0 Å². The van der Waals surface area contributed by atoms with Crippen LogP contribution in [0.1, 0.15) is 24.4 Å². The van der Waals surface area contributed by atoms with Gasteiger partial charge < -0.3 is 17.2 Å². The van der Waals surface area contributed by atoms with Gasteiger partial charge in [-0.2, -0.15) is 0 Å². The van der Waals surface area contributed by atoms with E-state index in [1.54, 1.807) is 12.1 Å². The molecule has 1 saturated carbocycles. The van der Waals surface area contributed by atoms with Crippen LogP contribution in [-0.4, -0.2) is 4.98 Å². The standard InChI is InChI=1S/C9H14N4/c10-7-3-6(4-8(11)13-7)9(12)5-1-2-5/h3-5,9H,1-2,12H2,(H4,10,11,13)/t9-/m0/s1. The summed E-state index contributed by atoms with van der Waals surface area (Å²) in [7, 11) is 0. The molecule has 0 aliphatic heterocycles. The fourth-order valence-electron chi connectivity index (χ4n) is 1.52. The number of anilines is 2. The maximum absolute atomic E-state index is 6.00. The molecule has 0 bridgehead atoms. The van der Waals surface area contributed by atoms with E-state index in [-0.39, 0.29) is 6.04 Å². The molecular formula is C9H14N4. The summed E-state index contributed by atoms with van der Waals surface area (Å²) in [5.74, 6) is 1.51. The smallest absolute Gasteiger partial charge is 0.126 e. The number of aromatic nitrogens is 1. The summed E-state index contributed by atoms with van der Waals surface area (Å²) in [6.45, 7) is 0. The van der Waals surface area contributed by atoms with Crippen molar-refractivity contribution in [1.29, 1.82) is 0 Å². The van der Waals surface area contributed by atoms with Gasteiger partial charge in [0.1, 0.15) is 11.6 Å². The number of hydrogen-bond donors (Lipinski definition) is 3. The molecule has 1 atom stereocenters. The molecule has 0 saturated heterocycles. The maximum Gasteiger partial charge on any atom is 0.126 e. The van der Waals surface area contributed by atoms with Gasteiger partial charge in [-0.15, -0.1) is 0 Å². The Labute approximate surface area is 77.1 Å². The molecule has 1 heterocycles. The average Bonchev–Trinajstić information content (AvgIpc) is 2.83. The first kappa shape index (κ1) is 8.31. The Hall–Kier alpha value is -1.29. The van der Waals surface area contributed by atoms with Crippen LogP contribution in [0, 0.1) is 5.92 Å². The first-order valence-corrected chi connectivity index (χ1v) is 4.45. The highest BCUT2D eigenvalue weighted by Crippen LogP contribution is 2.39. The van der Waals surface area contributed by atoms with Crippen LogP contribution in [0.3, 0.4) is 0 Å². The number of nitrogen functional groups attached to an aromatic ring is 2. The van der Waals surface area contributed by atoms with Crippen molar-refractivity contribution in [3.63, 3.8) is 0 Å². The number of pyridine rings is 1. The summed E-state index contributed by atoms with van der Waals surface area (Å²) in [6.07, 6.45) is 2.42. The summed E-state index contributed by atoms with van der Waals surface area (Å²) < 4.78 is 0. The Kier molecular flexibility index (Phi) is 1.84. The van der Waals surface area contributed by atoms with E-state index in [2.05, 4.69) is 4.98 Å². The van der Waals surface area contributed by atoms with E-state index in [1.807, 2.05) is 0 Å². The van der Waals surface area contributed by atoms with Gasteiger partial charge in [0, 0.05) is 6.04 Å². The van der Waals surface area contributed by atoms with E-state index >= 15 is 0 Å². The SMILES string of the molecule is Nc1cc([C@@H](N)C2CC2)cc(N)n1. The third kappa shape index (κ3) is 1.72. The third-order valence-corrected chi connectivity index (χ3v) is 2.40. The van der Waals surface area contributed by atoms with E-state index in [1.165, 1.54) is 12.8 Å². The molecule has 0 amide bonds. The largest absolute Gasteiger partial charge is 0.384 e. The molecule has 70 valence electrons. The zero-order valence-electron chi connectivity index (χ0n) is 7.40. The molecule has 0 radical (unpaired) electrons. The van der Waals surface area contributed by atoms with E-state index in [9.17, 15) is 0 Å². The van der Waals surface area contributed by atoms with Crippen LogP contribution >= 0.6 is 0 Å². The Morgan fingerprint density at radius 2 is 1.77 bits per heavy atom. The fraction of sp³-hybridized carbons (Fsp3) is 0.444. The average molecular weight is 178 g/mol. The van der Waals surface area contributed by atoms with Crippen molar-refractivity contribution in [2.45, 2.75) is 18.9 Å². The number of rotatable bonds is 2. The maximum atomic E-state index is 6.00. The van der Waals surface area contributed by atoms with E-state index in [0.717, 1.165) is 5.56 Å². The Balaban J connectivity index is 2.27. The van der Waals surface area contributed by atoms with Gasteiger partial charge in [-0.25, -0.2) is 4.98 Å². The molecule has 4 nitrogen and oxygen atoms in total. The number of hydrogen-bond acceptors (Lipinski definition) is 4. The highest BCUT2D eigenvalue weighted by Gasteiger charge is 2.29. The second kappa shape index (κ2) is 2.88. The lowest BCUT2D eigenvalue weighted by molar-refractivity contribution is 0.633. The Bertz CT molecular complexity index is 299. The molecule has 1 fully saturated rings. The van der Waals surface area contributed by atoms with Crippen molar-refractivity contribution in [3.05, 3.63) is 17.7 Å². The van der Waals surface area contributed by atoms with Crippen LogP contribution < -0.4 is 17.2 Å². The van der Waals surface area contributed by atoms with Gasteiger partial charge in [0.15, 0.2) is 0 Å². The van der Waals surface area contributed by atoms with Gasteiger partial charge in [0.05, 0.1) is 0 Å². The van der Waals surface area contributed by atoms with Gasteiger partial charge in [-0.1, -0.05) is 0 Å². The second-order valence-electron chi connectivity index (χ2n) is 3.61. The molecule has 1 aliphatic rings. The second-order valence-corrected chi connectivity index (χ2v) is 3.61. The molecule has 1 aromatic heterocycles. The summed E-state index contributed by atoms with van der Waals surface area (Å²) in [4.78, 5) is 3.90. The quantitative estimate of drug-likeness (QED) is 0.620.